The lowest BCUT2D eigenvalue weighted by molar-refractivity contribution is -0.162. The molecule has 4 heteroatoms. The van der Waals surface area contributed by atoms with E-state index in [0.29, 0.717) is 12.6 Å². The van der Waals surface area contributed by atoms with E-state index in [2.05, 4.69) is 43.0 Å². The lowest BCUT2D eigenvalue weighted by Crippen LogP contribution is -2.55. The molecule has 2 fully saturated rings. The quantitative estimate of drug-likeness (QED) is 0.851. The van der Waals surface area contributed by atoms with Gasteiger partial charge in [0.15, 0.2) is 0 Å². The van der Waals surface area contributed by atoms with E-state index in [-0.39, 0.29) is 18.1 Å². The Hall–Kier alpha value is -1.39. The Kier molecular flexibility index (Phi) is 4.00. The average molecular weight is 288 g/mol. The van der Waals surface area contributed by atoms with Crippen molar-refractivity contribution < 1.29 is 9.53 Å². The van der Waals surface area contributed by atoms with Crippen LogP contribution in [0.5, 0.6) is 0 Å². The Balaban J connectivity index is 1.60. The van der Waals surface area contributed by atoms with Crippen LogP contribution >= 0.6 is 0 Å². The highest BCUT2D eigenvalue weighted by Gasteiger charge is 2.38. The van der Waals surface area contributed by atoms with Gasteiger partial charge in [0, 0.05) is 32.2 Å². The van der Waals surface area contributed by atoms with Crippen LogP contribution in [-0.2, 0) is 16.1 Å². The molecule has 0 N–H and O–H groups in total. The van der Waals surface area contributed by atoms with Crippen molar-refractivity contribution in [2.75, 3.05) is 26.2 Å². The van der Waals surface area contributed by atoms with Gasteiger partial charge in [-0.15, -0.1) is 0 Å². The molecule has 0 aliphatic carbocycles. The highest BCUT2D eigenvalue weighted by atomic mass is 16.5. The van der Waals surface area contributed by atoms with Crippen LogP contribution in [0.15, 0.2) is 30.3 Å². The zero-order chi connectivity index (χ0) is 14.9. The molecule has 0 spiro atoms. The standard InChI is InChI=1S/C17H24N2O2/c1-17(2)13-19(16(20)12-21-17)15-8-9-18(11-15)10-14-6-4-3-5-7-14/h3-7,15H,8-13H2,1-2H3/t15-/m1/s1. The molecule has 114 valence electrons. The van der Waals surface area contributed by atoms with Gasteiger partial charge >= 0.3 is 0 Å². The molecule has 1 aromatic rings. The third kappa shape index (κ3) is 3.44. The predicted molar refractivity (Wildman–Crippen MR) is 81.9 cm³/mol. The van der Waals surface area contributed by atoms with Crippen molar-refractivity contribution >= 4 is 5.91 Å². The maximum atomic E-state index is 12.1. The Bertz CT molecular complexity index is 501. The second-order valence-electron chi connectivity index (χ2n) is 6.73. The number of likely N-dealkylation sites (tertiary alicyclic amines) is 1. The van der Waals surface area contributed by atoms with Crippen LogP contribution in [0, 0.1) is 0 Å². The SMILES string of the molecule is CC1(C)CN([C@@H]2CCN(Cc3ccccc3)C2)C(=O)CO1. The smallest absolute Gasteiger partial charge is 0.248 e. The van der Waals surface area contributed by atoms with Gasteiger partial charge in [-0.25, -0.2) is 0 Å². The fourth-order valence-corrected chi connectivity index (χ4v) is 3.27. The van der Waals surface area contributed by atoms with Gasteiger partial charge < -0.3 is 9.64 Å². The highest BCUT2D eigenvalue weighted by molar-refractivity contribution is 5.78. The number of carbonyl (C=O) groups is 1. The van der Waals surface area contributed by atoms with E-state index in [1.54, 1.807) is 0 Å². The van der Waals surface area contributed by atoms with Gasteiger partial charge in [-0.1, -0.05) is 30.3 Å². The fraction of sp³-hybridized carbons (Fsp3) is 0.588. The molecule has 1 aromatic carbocycles. The average Bonchev–Trinajstić information content (AvgIpc) is 2.91. The van der Waals surface area contributed by atoms with Crippen molar-refractivity contribution in [3.05, 3.63) is 35.9 Å². The summed E-state index contributed by atoms with van der Waals surface area (Å²) in [6.45, 7) is 8.05. The van der Waals surface area contributed by atoms with Gasteiger partial charge in [0.1, 0.15) is 6.61 Å². The van der Waals surface area contributed by atoms with Crippen LogP contribution in [0.3, 0.4) is 0 Å². The first kappa shape index (κ1) is 14.5. The molecule has 0 unspecified atom stereocenters. The van der Waals surface area contributed by atoms with E-state index in [4.69, 9.17) is 4.74 Å². The molecule has 21 heavy (non-hydrogen) atoms. The molecule has 0 bridgehead atoms. The monoisotopic (exact) mass is 288 g/mol. The van der Waals surface area contributed by atoms with E-state index in [1.165, 1.54) is 5.56 Å². The maximum Gasteiger partial charge on any atom is 0.248 e. The molecule has 3 rings (SSSR count). The third-order valence-corrected chi connectivity index (χ3v) is 4.40. The largest absolute Gasteiger partial charge is 0.364 e. The van der Waals surface area contributed by atoms with Crippen LogP contribution in [0.4, 0.5) is 0 Å². The summed E-state index contributed by atoms with van der Waals surface area (Å²) in [6, 6.07) is 10.9. The molecule has 4 nitrogen and oxygen atoms in total. The minimum atomic E-state index is -0.221. The van der Waals surface area contributed by atoms with Crippen molar-refractivity contribution in [3.63, 3.8) is 0 Å². The molecular weight excluding hydrogens is 264 g/mol. The topological polar surface area (TPSA) is 32.8 Å². The van der Waals surface area contributed by atoms with Crippen LogP contribution in [-0.4, -0.2) is 53.6 Å². The molecule has 1 amide bonds. The van der Waals surface area contributed by atoms with Gasteiger partial charge in [-0.3, -0.25) is 9.69 Å². The number of hydrogen-bond donors (Lipinski definition) is 0. The summed E-state index contributed by atoms with van der Waals surface area (Å²) >= 11 is 0. The first-order chi connectivity index (χ1) is 10.0. The molecule has 2 saturated heterocycles. The number of ether oxygens (including phenoxy) is 1. The number of carbonyl (C=O) groups excluding carboxylic acids is 1. The minimum Gasteiger partial charge on any atom is -0.364 e. The predicted octanol–water partition coefficient (Wildman–Crippen LogP) is 1.90. The first-order valence-corrected chi connectivity index (χ1v) is 7.73. The molecule has 2 heterocycles. The number of benzene rings is 1. The van der Waals surface area contributed by atoms with Crippen LogP contribution < -0.4 is 0 Å². The summed E-state index contributed by atoms with van der Waals surface area (Å²) < 4.78 is 5.59. The summed E-state index contributed by atoms with van der Waals surface area (Å²) in [7, 11) is 0. The normalized spacial score (nSPS) is 26.3. The number of rotatable bonds is 3. The molecule has 1 atom stereocenters. The van der Waals surface area contributed by atoms with E-state index >= 15 is 0 Å². The molecule has 0 saturated carbocycles. The van der Waals surface area contributed by atoms with E-state index in [9.17, 15) is 4.79 Å². The highest BCUT2D eigenvalue weighted by Crippen LogP contribution is 2.24. The maximum absolute atomic E-state index is 12.1. The molecule has 0 radical (unpaired) electrons. The third-order valence-electron chi connectivity index (χ3n) is 4.40. The number of nitrogens with zero attached hydrogens (tertiary/aromatic N) is 2. The zero-order valence-corrected chi connectivity index (χ0v) is 12.9. The van der Waals surface area contributed by atoms with E-state index < -0.39 is 0 Å². The lowest BCUT2D eigenvalue weighted by atomic mass is 10.0. The Morgan fingerprint density at radius 1 is 1.29 bits per heavy atom. The van der Waals surface area contributed by atoms with Gasteiger partial charge in [0.05, 0.1) is 5.60 Å². The zero-order valence-electron chi connectivity index (χ0n) is 12.9. The van der Waals surface area contributed by atoms with Crippen molar-refractivity contribution in [2.45, 2.75) is 38.5 Å². The Morgan fingerprint density at radius 2 is 2.05 bits per heavy atom. The second kappa shape index (κ2) is 5.78. The van der Waals surface area contributed by atoms with Crippen molar-refractivity contribution in [3.8, 4) is 0 Å². The molecular formula is C17H24N2O2. The number of hydrogen-bond acceptors (Lipinski definition) is 3. The second-order valence-corrected chi connectivity index (χ2v) is 6.73. The van der Waals surface area contributed by atoms with Crippen molar-refractivity contribution in [2.24, 2.45) is 0 Å². The minimum absolute atomic E-state index is 0.140. The first-order valence-electron chi connectivity index (χ1n) is 7.73. The van der Waals surface area contributed by atoms with Gasteiger partial charge in [0.2, 0.25) is 5.91 Å². The summed E-state index contributed by atoms with van der Waals surface area (Å²) in [5.41, 5.74) is 1.12. The van der Waals surface area contributed by atoms with Crippen molar-refractivity contribution in [1.82, 2.24) is 9.80 Å². The lowest BCUT2D eigenvalue weighted by Gasteiger charge is -2.41. The van der Waals surface area contributed by atoms with Gasteiger partial charge in [-0.2, -0.15) is 0 Å². The van der Waals surface area contributed by atoms with Crippen LogP contribution in [0.1, 0.15) is 25.8 Å². The van der Waals surface area contributed by atoms with Crippen LogP contribution in [0.2, 0.25) is 0 Å². The van der Waals surface area contributed by atoms with Gasteiger partial charge in [0.25, 0.3) is 0 Å². The number of morpholine rings is 1. The van der Waals surface area contributed by atoms with Crippen LogP contribution in [0.25, 0.3) is 0 Å². The Labute approximate surface area is 126 Å². The van der Waals surface area contributed by atoms with E-state index in [0.717, 1.165) is 26.1 Å². The molecule has 2 aliphatic heterocycles. The van der Waals surface area contributed by atoms with Crippen molar-refractivity contribution in [1.29, 1.82) is 0 Å². The summed E-state index contributed by atoms with van der Waals surface area (Å²) in [5, 5.41) is 0. The van der Waals surface area contributed by atoms with E-state index in [1.807, 2.05) is 11.0 Å². The fourth-order valence-electron chi connectivity index (χ4n) is 3.27. The molecule has 0 aromatic heterocycles. The summed E-state index contributed by atoms with van der Waals surface area (Å²) in [4.78, 5) is 16.6. The summed E-state index contributed by atoms with van der Waals surface area (Å²) in [6.07, 6.45) is 1.06. The van der Waals surface area contributed by atoms with Gasteiger partial charge in [-0.05, 0) is 25.8 Å². The number of amides is 1. The Morgan fingerprint density at radius 3 is 2.81 bits per heavy atom. The molecule has 2 aliphatic rings. The summed E-state index contributed by atoms with van der Waals surface area (Å²) in [5.74, 6) is 0.140.